The van der Waals surface area contributed by atoms with Crippen LogP contribution < -0.4 is 0 Å². The van der Waals surface area contributed by atoms with E-state index in [1.807, 2.05) is 0 Å². The zero-order valence-electron chi connectivity index (χ0n) is 14.5. The lowest BCUT2D eigenvalue weighted by Gasteiger charge is -2.27. The summed E-state index contributed by atoms with van der Waals surface area (Å²) in [6.45, 7) is 17.5. The molecule has 0 aliphatic rings. The molecule has 0 heterocycles. The third kappa shape index (κ3) is 4.87. The van der Waals surface area contributed by atoms with Gasteiger partial charge in [0.05, 0.1) is 0 Å². The van der Waals surface area contributed by atoms with Crippen molar-refractivity contribution in [2.75, 3.05) is 6.54 Å². The number of unbranched alkanes of at least 4 members (excludes halogenated alkanes) is 1. The molecule has 1 N–H and O–H groups in total. The molecule has 0 bridgehead atoms. The fourth-order valence-electron chi connectivity index (χ4n) is 2.13. The minimum Gasteiger partial charge on any atom is -0.507 e. The Hall–Kier alpha value is -1.31. The van der Waals surface area contributed by atoms with Gasteiger partial charge in [-0.2, -0.15) is 0 Å². The van der Waals surface area contributed by atoms with Gasteiger partial charge in [-0.15, -0.1) is 0 Å². The molecule has 0 atom stereocenters. The molecule has 21 heavy (non-hydrogen) atoms. The SMILES string of the molecule is [CH2]CCCN=Cc1cc(C(C)(C)C)cc(C(C)(C)C)c1O. The number of nitrogens with zero attached hydrogens (tertiary/aromatic N) is 1. The van der Waals surface area contributed by atoms with Crippen LogP contribution in [0.1, 0.15) is 71.1 Å². The molecule has 1 radical (unpaired) electrons. The number of rotatable bonds is 4. The Morgan fingerprint density at radius 3 is 2.19 bits per heavy atom. The molecule has 117 valence electrons. The van der Waals surface area contributed by atoms with Gasteiger partial charge >= 0.3 is 0 Å². The Labute approximate surface area is 130 Å². The Kier molecular flexibility index (Phi) is 5.61. The van der Waals surface area contributed by atoms with Gasteiger partial charge < -0.3 is 5.11 Å². The van der Waals surface area contributed by atoms with Crippen molar-refractivity contribution < 1.29 is 5.11 Å². The van der Waals surface area contributed by atoms with Crippen LogP contribution in [0.2, 0.25) is 0 Å². The van der Waals surface area contributed by atoms with E-state index in [0.29, 0.717) is 5.75 Å². The fraction of sp³-hybridized carbons (Fsp3) is 0.579. The molecular formula is C19H30NO. The van der Waals surface area contributed by atoms with E-state index < -0.39 is 0 Å². The molecule has 0 saturated heterocycles. The zero-order valence-corrected chi connectivity index (χ0v) is 14.5. The summed E-state index contributed by atoms with van der Waals surface area (Å²) in [6, 6.07) is 4.18. The lowest BCUT2D eigenvalue weighted by molar-refractivity contribution is 0.444. The first-order valence-corrected chi connectivity index (χ1v) is 7.74. The van der Waals surface area contributed by atoms with Crippen molar-refractivity contribution in [1.82, 2.24) is 0 Å². The van der Waals surface area contributed by atoms with Gasteiger partial charge in [0.25, 0.3) is 0 Å². The van der Waals surface area contributed by atoms with E-state index in [2.05, 4.69) is 65.6 Å². The Morgan fingerprint density at radius 2 is 1.71 bits per heavy atom. The van der Waals surface area contributed by atoms with Gasteiger partial charge in [-0.3, -0.25) is 4.99 Å². The van der Waals surface area contributed by atoms with Crippen molar-refractivity contribution in [2.45, 2.75) is 65.2 Å². The average Bonchev–Trinajstić information content (AvgIpc) is 2.33. The normalized spacial score (nSPS) is 13.1. The van der Waals surface area contributed by atoms with Gasteiger partial charge in [-0.25, -0.2) is 0 Å². The molecule has 2 heteroatoms. The highest BCUT2D eigenvalue weighted by atomic mass is 16.3. The van der Waals surface area contributed by atoms with Crippen LogP contribution in [0.3, 0.4) is 0 Å². The highest BCUT2D eigenvalue weighted by Crippen LogP contribution is 2.37. The largest absolute Gasteiger partial charge is 0.507 e. The predicted octanol–water partition coefficient (Wildman–Crippen LogP) is 5.02. The van der Waals surface area contributed by atoms with Gasteiger partial charge in [-0.1, -0.05) is 61.0 Å². The summed E-state index contributed by atoms with van der Waals surface area (Å²) < 4.78 is 0. The van der Waals surface area contributed by atoms with Crippen LogP contribution in [0, 0.1) is 6.92 Å². The number of hydrogen-bond donors (Lipinski definition) is 1. The number of phenols is 1. The van der Waals surface area contributed by atoms with Crippen LogP contribution in [-0.2, 0) is 10.8 Å². The quantitative estimate of drug-likeness (QED) is 0.612. The first-order valence-electron chi connectivity index (χ1n) is 7.74. The second kappa shape index (κ2) is 6.64. The molecule has 0 saturated carbocycles. The Balaban J connectivity index is 3.32. The third-order valence-electron chi connectivity index (χ3n) is 3.58. The number of benzene rings is 1. The second-order valence-corrected chi connectivity index (χ2v) is 7.70. The Bertz CT molecular complexity index is 502. The van der Waals surface area contributed by atoms with Crippen LogP contribution >= 0.6 is 0 Å². The summed E-state index contributed by atoms with van der Waals surface area (Å²) in [4.78, 5) is 4.41. The van der Waals surface area contributed by atoms with Crippen LogP contribution in [0.5, 0.6) is 5.75 Å². The maximum Gasteiger partial charge on any atom is 0.128 e. The molecule has 0 amide bonds. The van der Waals surface area contributed by atoms with E-state index in [-0.39, 0.29) is 10.8 Å². The van der Waals surface area contributed by atoms with Gasteiger partial charge in [0.2, 0.25) is 0 Å². The number of aliphatic imine (C=N–C) groups is 1. The highest BCUT2D eigenvalue weighted by molar-refractivity contribution is 5.85. The molecule has 0 unspecified atom stereocenters. The molecular weight excluding hydrogens is 258 g/mol. The minimum absolute atomic E-state index is 0.0453. The maximum atomic E-state index is 10.6. The van der Waals surface area contributed by atoms with E-state index in [9.17, 15) is 5.11 Å². The van der Waals surface area contributed by atoms with Crippen molar-refractivity contribution in [3.8, 4) is 5.75 Å². The summed E-state index contributed by atoms with van der Waals surface area (Å²) in [5, 5.41) is 10.6. The van der Waals surface area contributed by atoms with Crippen LogP contribution in [0.25, 0.3) is 0 Å². The highest BCUT2D eigenvalue weighted by Gasteiger charge is 2.24. The first kappa shape index (κ1) is 17.7. The molecule has 1 aromatic carbocycles. The lowest BCUT2D eigenvalue weighted by Crippen LogP contribution is -2.17. The first-order chi connectivity index (χ1) is 9.57. The molecule has 2 nitrogen and oxygen atoms in total. The summed E-state index contributed by atoms with van der Waals surface area (Å²) >= 11 is 0. The second-order valence-electron chi connectivity index (χ2n) is 7.70. The third-order valence-corrected chi connectivity index (χ3v) is 3.58. The fourth-order valence-corrected chi connectivity index (χ4v) is 2.13. The van der Waals surface area contributed by atoms with Crippen LogP contribution in [0.15, 0.2) is 17.1 Å². The molecule has 0 fully saturated rings. The number of hydrogen-bond acceptors (Lipinski definition) is 2. The monoisotopic (exact) mass is 288 g/mol. The smallest absolute Gasteiger partial charge is 0.128 e. The van der Waals surface area contributed by atoms with E-state index in [1.165, 1.54) is 5.56 Å². The van der Waals surface area contributed by atoms with E-state index in [1.54, 1.807) is 6.21 Å². The summed E-state index contributed by atoms with van der Waals surface area (Å²) in [6.07, 6.45) is 3.66. The summed E-state index contributed by atoms with van der Waals surface area (Å²) in [5.74, 6) is 0.355. The molecule has 0 spiro atoms. The van der Waals surface area contributed by atoms with Crippen molar-refractivity contribution in [3.05, 3.63) is 35.7 Å². The van der Waals surface area contributed by atoms with Crippen LogP contribution in [0.4, 0.5) is 0 Å². The van der Waals surface area contributed by atoms with E-state index in [4.69, 9.17) is 0 Å². The minimum atomic E-state index is -0.0960. The van der Waals surface area contributed by atoms with Gasteiger partial charge in [-0.05, 0) is 28.9 Å². The molecule has 1 rings (SSSR count). The van der Waals surface area contributed by atoms with Crippen molar-refractivity contribution in [1.29, 1.82) is 0 Å². The van der Waals surface area contributed by atoms with Crippen LogP contribution in [-0.4, -0.2) is 17.9 Å². The van der Waals surface area contributed by atoms with E-state index in [0.717, 1.165) is 30.5 Å². The zero-order chi connectivity index (χ0) is 16.3. The predicted molar refractivity (Wildman–Crippen MR) is 92.6 cm³/mol. The summed E-state index contributed by atoms with van der Waals surface area (Å²) in [7, 11) is 0. The van der Waals surface area contributed by atoms with Gasteiger partial charge in [0.15, 0.2) is 0 Å². The summed E-state index contributed by atoms with van der Waals surface area (Å²) in [5.41, 5.74) is 2.97. The Morgan fingerprint density at radius 1 is 1.10 bits per heavy atom. The van der Waals surface area contributed by atoms with Crippen molar-refractivity contribution in [2.24, 2.45) is 4.99 Å². The maximum absolute atomic E-state index is 10.6. The standard InChI is InChI=1S/C19H30NO/c1-8-9-10-20-13-14-11-15(18(2,3)4)12-16(17(14)21)19(5,6)7/h11-13,21H,1,8-10H2,2-7H3. The average molecular weight is 288 g/mol. The van der Waals surface area contributed by atoms with Gasteiger partial charge in [0, 0.05) is 23.9 Å². The molecule has 1 aromatic rings. The number of phenolic OH excluding ortho intramolecular Hbond substituents is 1. The van der Waals surface area contributed by atoms with E-state index >= 15 is 0 Å². The van der Waals surface area contributed by atoms with Crippen molar-refractivity contribution in [3.63, 3.8) is 0 Å². The molecule has 0 aliphatic carbocycles. The van der Waals surface area contributed by atoms with Gasteiger partial charge in [0.1, 0.15) is 5.75 Å². The molecule has 0 aliphatic heterocycles. The lowest BCUT2D eigenvalue weighted by atomic mass is 9.79. The number of aromatic hydroxyl groups is 1. The molecule has 0 aromatic heterocycles. The topological polar surface area (TPSA) is 32.6 Å². The van der Waals surface area contributed by atoms with Crippen molar-refractivity contribution >= 4 is 6.21 Å².